The third-order valence-corrected chi connectivity index (χ3v) is 4.42. The van der Waals surface area contributed by atoms with Gasteiger partial charge >= 0.3 is 0 Å². The highest BCUT2D eigenvalue weighted by Crippen LogP contribution is 2.13. The minimum Gasteiger partial charge on any atom is -0.494 e. The molecule has 2 rings (SSSR count). The molecule has 2 N–H and O–H groups in total. The molecule has 0 aliphatic carbocycles. The Hall–Kier alpha value is -1.74. The summed E-state index contributed by atoms with van der Waals surface area (Å²) in [6.45, 7) is 2.88. The Bertz CT molecular complexity index is 721. The van der Waals surface area contributed by atoms with Crippen LogP contribution in [-0.4, -0.2) is 22.6 Å². The number of nitrogens with one attached hydrogen (secondary N) is 2. The summed E-state index contributed by atoms with van der Waals surface area (Å²) in [5.74, 6) is 1.08. The van der Waals surface area contributed by atoms with Crippen LogP contribution in [0.1, 0.15) is 43.0 Å². The average Bonchev–Trinajstić information content (AvgIpc) is 2.64. The number of pyridine rings is 1. The smallest absolute Gasteiger partial charge is 0.257 e. The molecule has 1 heterocycles. The van der Waals surface area contributed by atoms with Gasteiger partial charge in [0.2, 0.25) is 0 Å². The molecule has 5 nitrogen and oxygen atoms in total. The zero-order valence-corrected chi connectivity index (χ0v) is 17.6. The van der Waals surface area contributed by atoms with Gasteiger partial charge in [-0.3, -0.25) is 10.1 Å². The van der Waals surface area contributed by atoms with Crippen LogP contribution < -0.4 is 15.4 Å². The number of amides is 1. The highest BCUT2D eigenvalue weighted by molar-refractivity contribution is 14.1. The summed E-state index contributed by atoms with van der Waals surface area (Å²) in [5.41, 5.74) is 0.517. The molecule has 0 atom stereocenters. The van der Waals surface area contributed by atoms with Crippen molar-refractivity contribution in [3.8, 4) is 5.75 Å². The second-order valence-electron chi connectivity index (χ2n) is 5.70. The fourth-order valence-electron chi connectivity index (χ4n) is 2.19. The molecule has 1 amide bonds. The number of thiocarbonyl (C=S) groups is 1. The number of benzene rings is 1. The highest BCUT2D eigenvalue weighted by atomic mass is 127. The SMILES string of the molecule is CCCCCCOc1ccc(C(=O)NC(=S)Nc2ccc(I)cn2)cc1. The molecule has 0 aliphatic rings. The Morgan fingerprint density at radius 1 is 1.15 bits per heavy atom. The van der Waals surface area contributed by atoms with Gasteiger partial charge in [-0.1, -0.05) is 26.2 Å². The number of rotatable bonds is 8. The number of hydrogen-bond acceptors (Lipinski definition) is 4. The summed E-state index contributed by atoms with van der Waals surface area (Å²) in [4.78, 5) is 16.4. The monoisotopic (exact) mass is 483 g/mol. The Labute approximate surface area is 173 Å². The van der Waals surface area contributed by atoms with Crippen molar-refractivity contribution in [1.29, 1.82) is 0 Å². The molecule has 2 aromatic rings. The first kappa shape index (κ1) is 20.6. The van der Waals surface area contributed by atoms with E-state index in [0.717, 1.165) is 15.7 Å². The van der Waals surface area contributed by atoms with Crippen LogP contribution in [0.4, 0.5) is 5.82 Å². The van der Waals surface area contributed by atoms with Crippen LogP contribution in [0.2, 0.25) is 0 Å². The second-order valence-corrected chi connectivity index (χ2v) is 7.36. The van der Waals surface area contributed by atoms with E-state index in [1.807, 2.05) is 6.07 Å². The van der Waals surface area contributed by atoms with Crippen molar-refractivity contribution in [3.63, 3.8) is 0 Å². The molecule has 0 bridgehead atoms. The molecule has 0 unspecified atom stereocenters. The van der Waals surface area contributed by atoms with E-state index in [0.29, 0.717) is 18.0 Å². The number of carbonyl (C=O) groups is 1. The maximum absolute atomic E-state index is 12.2. The molecular weight excluding hydrogens is 461 g/mol. The highest BCUT2D eigenvalue weighted by Gasteiger charge is 2.08. The molecule has 26 heavy (non-hydrogen) atoms. The Kier molecular flexibility index (Phi) is 8.76. The normalized spacial score (nSPS) is 10.2. The van der Waals surface area contributed by atoms with Crippen molar-refractivity contribution >= 4 is 51.6 Å². The summed E-state index contributed by atoms with van der Waals surface area (Å²) in [5, 5.41) is 5.74. The minimum atomic E-state index is -0.275. The Balaban J connectivity index is 1.79. The third kappa shape index (κ3) is 7.25. The maximum atomic E-state index is 12.2. The second kappa shape index (κ2) is 11.1. The molecule has 0 fully saturated rings. The van der Waals surface area contributed by atoms with E-state index in [1.54, 1.807) is 36.5 Å². The van der Waals surface area contributed by atoms with Crippen LogP contribution in [0.15, 0.2) is 42.6 Å². The van der Waals surface area contributed by atoms with Gasteiger partial charge in [-0.05, 0) is 77.6 Å². The number of halogens is 1. The molecule has 138 valence electrons. The van der Waals surface area contributed by atoms with Gasteiger partial charge < -0.3 is 10.1 Å². The van der Waals surface area contributed by atoms with E-state index >= 15 is 0 Å². The number of ether oxygens (including phenoxy) is 1. The molecule has 0 spiro atoms. The first-order chi connectivity index (χ1) is 12.6. The van der Waals surface area contributed by atoms with E-state index in [-0.39, 0.29) is 11.0 Å². The van der Waals surface area contributed by atoms with Crippen molar-refractivity contribution in [3.05, 3.63) is 51.7 Å². The van der Waals surface area contributed by atoms with Crippen molar-refractivity contribution in [2.75, 3.05) is 11.9 Å². The van der Waals surface area contributed by atoms with Crippen LogP contribution in [0, 0.1) is 3.57 Å². The van der Waals surface area contributed by atoms with Gasteiger partial charge in [-0.15, -0.1) is 0 Å². The molecule has 7 heteroatoms. The van der Waals surface area contributed by atoms with E-state index in [9.17, 15) is 4.79 Å². The van der Waals surface area contributed by atoms with Gasteiger partial charge in [-0.25, -0.2) is 4.98 Å². The third-order valence-electron chi connectivity index (χ3n) is 3.58. The van der Waals surface area contributed by atoms with Gasteiger partial charge in [0.05, 0.1) is 6.61 Å². The van der Waals surface area contributed by atoms with E-state index < -0.39 is 0 Å². The fraction of sp³-hybridized carbons (Fsp3) is 0.316. The largest absolute Gasteiger partial charge is 0.494 e. The molecule has 0 aliphatic heterocycles. The first-order valence-electron chi connectivity index (χ1n) is 8.55. The topological polar surface area (TPSA) is 63.2 Å². The molecule has 1 aromatic heterocycles. The molecule has 0 radical (unpaired) electrons. The number of nitrogens with zero attached hydrogens (tertiary/aromatic N) is 1. The zero-order valence-electron chi connectivity index (χ0n) is 14.6. The number of carbonyl (C=O) groups excluding carboxylic acids is 1. The van der Waals surface area contributed by atoms with Crippen molar-refractivity contribution in [2.24, 2.45) is 0 Å². The van der Waals surface area contributed by atoms with Crippen molar-refractivity contribution in [1.82, 2.24) is 10.3 Å². The Morgan fingerprint density at radius 3 is 2.58 bits per heavy atom. The minimum absolute atomic E-state index is 0.208. The fourth-order valence-corrected chi connectivity index (χ4v) is 2.71. The lowest BCUT2D eigenvalue weighted by molar-refractivity contribution is 0.0977. The molecule has 1 aromatic carbocycles. The van der Waals surface area contributed by atoms with Gasteiger partial charge in [0.25, 0.3) is 5.91 Å². The van der Waals surface area contributed by atoms with Crippen molar-refractivity contribution < 1.29 is 9.53 Å². The summed E-state index contributed by atoms with van der Waals surface area (Å²) in [6.07, 6.45) is 6.38. The van der Waals surface area contributed by atoms with Gasteiger partial charge in [-0.2, -0.15) is 0 Å². The lowest BCUT2D eigenvalue weighted by Crippen LogP contribution is -2.34. The zero-order chi connectivity index (χ0) is 18.8. The molecule has 0 saturated heterocycles. The van der Waals surface area contributed by atoms with E-state index in [4.69, 9.17) is 17.0 Å². The van der Waals surface area contributed by atoms with Crippen LogP contribution in [0.5, 0.6) is 5.75 Å². The standard InChI is InChI=1S/C19H22IN3O2S/c1-2-3-4-5-12-25-16-9-6-14(7-10-16)18(24)23-19(26)22-17-11-8-15(20)13-21-17/h6-11,13H,2-5,12H2,1H3,(H2,21,22,23,24,26). The van der Waals surface area contributed by atoms with Crippen molar-refractivity contribution in [2.45, 2.75) is 32.6 Å². The first-order valence-corrected chi connectivity index (χ1v) is 10.0. The van der Waals surface area contributed by atoms with Crippen LogP contribution in [0.25, 0.3) is 0 Å². The van der Waals surface area contributed by atoms with Gasteiger partial charge in [0, 0.05) is 15.3 Å². The number of aromatic nitrogens is 1. The summed E-state index contributed by atoms with van der Waals surface area (Å²) in [6, 6.07) is 10.7. The van der Waals surface area contributed by atoms with E-state index in [1.165, 1.54) is 19.3 Å². The molecule has 0 saturated carbocycles. The van der Waals surface area contributed by atoms with E-state index in [2.05, 4.69) is 45.1 Å². The predicted molar refractivity (Wildman–Crippen MR) is 117 cm³/mol. The van der Waals surface area contributed by atoms with Crippen LogP contribution in [0.3, 0.4) is 0 Å². The lowest BCUT2D eigenvalue weighted by Gasteiger charge is -2.10. The predicted octanol–water partition coefficient (Wildman–Crippen LogP) is 4.77. The Morgan fingerprint density at radius 2 is 1.92 bits per heavy atom. The van der Waals surface area contributed by atoms with Crippen LogP contribution in [-0.2, 0) is 0 Å². The number of unbranched alkanes of at least 4 members (excludes halogenated alkanes) is 3. The van der Waals surface area contributed by atoms with Crippen LogP contribution >= 0.6 is 34.8 Å². The number of anilines is 1. The summed E-state index contributed by atoms with van der Waals surface area (Å²) >= 11 is 7.32. The lowest BCUT2D eigenvalue weighted by atomic mass is 10.2. The average molecular weight is 483 g/mol. The summed E-state index contributed by atoms with van der Waals surface area (Å²) < 4.78 is 6.70. The quantitative estimate of drug-likeness (QED) is 0.322. The number of hydrogen-bond donors (Lipinski definition) is 2. The molecular formula is C19H22IN3O2S. The maximum Gasteiger partial charge on any atom is 0.257 e. The van der Waals surface area contributed by atoms with Gasteiger partial charge in [0.15, 0.2) is 5.11 Å². The van der Waals surface area contributed by atoms with Gasteiger partial charge in [0.1, 0.15) is 11.6 Å². The summed E-state index contributed by atoms with van der Waals surface area (Å²) in [7, 11) is 0.